The summed E-state index contributed by atoms with van der Waals surface area (Å²) in [4.78, 5) is 0. The summed E-state index contributed by atoms with van der Waals surface area (Å²) in [6, 6.07) is 65.0. The van der Waals surface area contributed by atoms with Crippen molar-refractivity contribution in [2.45, 2.75) is 0 Å². The molecule has 4 nitrogen and oxygen atoms in total. The van der Waals surface area contributed by atoms with E-state index in [0.29, 0.717) is 16.7 Å². The molecule has 8 aromatic rings. The largest absolute Gasteiger partial charge is 0.309 e. The van der Waals surface area contributed by atoms with Crippen LogP contribution in [0.4, 0.5) is 0 Å². The van der Waals surface area contributed by atoms with Crippen LogP contribution < -0.4 is 20.7 Å². The van der Waals surface area contributed by atoms with Crippen LogP contribution in [0.2, 0.25) is 0 Å². The van der Waals surface area contributed by atoms with Gasteiger partial charge in [0.15, 0.2) is 8.07 Å². The number of nitriles is 3. The predicted octanol–water partition coefficient (Wildman–Crippen LogP) is 7.44. The van der Waals surface area contributed by atoms with E-state index in [4.69, 9.17) is 0 Å². The monoisotopic (exact) mass is 652 g/mol. The van der Waals surface area contributed by atoms with E-state index in [1.807, 2.05) is 66.7 Å². The van der Waals surface area contributed by atoms with Gasteiger partial charge < -0.3 is 4.57 Å². The van der Waals surface area contributed by atoms with Crippen LogP contribution in [-0.2, 0) is 0 Å². The number of fused-ring (bicyclic) bond motifs is 3. The summed E-state index contributed by atoms with van der Waals surface area (Å²) < 4.78 is 2.20. The van der Waals surface area contributed by atoms with Crippen molar-refractivity contribution in [1.29, 1.82) is 15.8 Å². The minimum Gasteiger partial charge on any atom is -0.309 e. The number of hydrogen-bond acceptors (Lipinski definition) is 3. The smallest absolute Gasteiger partial charge is 0.179 e. The van der Waals surface area contributed by atoms with Gasteiger partial charge in [-0.25, -0.2) is 0 Å². The molecule has 0 aliphatic heterocycles. The molecule has 5 heteroatoms. The molecular formula is C45H28N4Si. The van der Waals surface area contributed by atoms with E-state index in [9.17, 15) is 15.8 Å². The van der Waals surface area contributed by atoms with Gasteiger partial charge in [0.2, 0.25) is 0 Å². The third-order valence-corrected chi connectivity index (χ3v) is 14.4. The molecule has 0 spiro atoms. The molecule has 0 saturated heterocycles. The number of nitrogens with zero attached hydrogens (tertiary/aromatic N) is 4. The van der Waals surface area contributed by atoms with Crippen LogP contribution in [0.1, 0.15) is 16.7 Å². The predicted molar refractivity (Wildman–Crippen MR) is 204 cm³/mol. The average molecular weight is 653 g/mol. The van der Waals surface area contributed by atoms with E-state index in [1.54, 1.807) is 0 Å². The van der Waals surface area contributed by atoms with Crippen LogP contribution in [-0.4, -0.2) is 12.6 Å². The fourth-order valence-electron chi connectivity index (χ4n) is 7.47. The summed E-state index contributed by atoms with van der Waals surface area (Å²) in [6.07, 6.45) is 0. The molecule has 7 aromatic carbocycles. The molecular weight excluding hydrogens is 625 g/mol. The normalized spacial score (nSPS) is 11.1. The minimum atomic E-state index is -2.96. The molecule has 0 aliphatic rings. The van der Waals surface area contributed by atoms with E-state index < -0.39 is 8.07 Å². The highest BCUT2D eigenvalue weighted by atomic mass is 28.3. The Morgan fingerprint density at radius 1 is 0.440 bits per heavy atom. The molecule has 8 rings (SSSR count). The van der Waals surface area contributed by atoms with Crippen molar-refractivity contribution in [2.24, 2.45) is 0 Å². The van der Waals surface area contributed by atoms with E-state index in [1.165, 1.54) is 15.6 Å². The summed E-state index contributed by atoms with van der Waals surface area (Å²) in [6.45, 7) is 0. The van der Waals surface area contributed by atoms with Gasteiger partial charge in [-0.3, -0.25) is 0 Å². The molecule has 0 bridgehead atoms. The Bertz CT molecular complexity index is 2560. The molecule has 50 heavy (non-hydrogen) atoms. The third-order valence-electron chi connectivity index (χ3n) is 9.66. The van der Waals surface area contributed by atoms with Crippen molar-refractivity contribution in [3.63, 3.8) is 0 Å². The first-order chi connectivity index (χ1) is 24.7. The number of hydrogen-bond donors (Lipinski definition) is 0. The van der Waals surface area contributed by atoms with Gasteiger partial charge in [-0.2, -0.15) is 15.8 Å². The van der Waals surface area contributed by atoms with Gasteiger partial charge in [0.1, 0.15) is 12.1 Å². The van der Waals surface area contributed by atoms with Crippen molar-refractivity contribution in [3.05, 3.63) is 187 Å². The standard InChI is InChI=1S/C45H28N4Si/c46-29-32-20-25-45-42(26-32)40-18-10-11-19-44(40)49(45)35-23-21-33(22-24-35)41-28-39(27-34(30-47)43(41)31-48)50(36-12-4-1-5-13-36,37-14-6-2-7-15-37)38-16-8-3-9-17-38/h1-28H. The SMILES string of the molecule is N#Cc1ccc2c(c1)c1ccccc1n2-c1ccc(-c2cc([Si](c3ccccc3)(c3ccccc3)c3ccccc3)cc(C#N)c2C#N)cc1. The van der Waals surface area contributed by atoms with Crippen LogP contribution in [0, 0.1) is 34.0 Å². The lowest BCUT2D eigenvalue weighted by Gasteiger charge is -2.35. The molecule has 232 valence electrons. The molecule has 0 unspecified atom stereocenters. The van der Waals surface area contributed by atoms with Gasteiger partial charge in [-0.1, -0.05) is 127 Å². The maximum atomic E-state index is 10.5. The fourth-order valence-corrected chi connectivity index (χ4v) is 12.3. The lowest BCUT2D eigenvalue weighted by atomic mass is 9.96. The quantitative estimate of drug-likeness (QED) is 0.138. The Labute approximate surface area is 291 Å². The van der Waals surface area contributed by atoms with Gasteiger partial charge in [-0.05, 0) is 68.8 Å². The molecule has 1 aromatic heterocycles. The van der Waals surface area contributed by atoms with Crippen molar-refractivity contribution < 1.29 is 0 Å². The number of aromatic nitrogens is 1. The maximum absolute atomic E-state index is 10.5. The molecule has 1 heterocycles. The van der Waals surface area contributed by atoms with Gasteiger partial charge in [0.25, 0.3) is 0 Å². The first-order valence-corrected chi connectivity index (χ1v) is 18.4. The Morgan fingerprint density at radius 3 is 1.56 bits per heavy atom. The highest BCUT2D eigenvalue weighted by Gasteiger charge is 2.42. The van der Waals surface area contributed by atoms with Crippen molar-refractivity contribution in [1.82, 2.24) is 4.57 Å². The zero-order valence-electron chi connectivity index (χ0n) is 27.0. The second-order valence-electron chi connectivity index (χ2n) is 12.3. The van der Waals surface area contributed by atoms with Gasteiger partial charge in [0, 0.05) is 22.0 Å². The molecule has 0 aliphatic carbocycles. The highest BCUT2D eigenvalue weighted by molar-refractivity contribution is 7.20. The first-order valence-electron chi connectivity index (χ1n) is 16.4. The second kappa shape index (κ2) is 12.6. The van der Waals surface area contributed by atoms with Crippen LogP contribution in [0.25, 0.3) is 38.6 Å². The Kier molecular flexibility index (Phi) is 7.63. The van der Waals surface area contributed by atoms with Crippen LogP contribution >= 0.6 is 0 Å². The van der Waals surface area contributed by atoms with Crippen molar-refractivity contribution >= 4 is 50.6 Å². The zero-order chi connectivity index (χ0) is 34.1. The average Bonchev–Trinajstić information content (AvgIpc) is 3.52. The summed E-state index contributed by atoms with van der Waals surface area (Å²) in [5, 5.41) is 37.3. The molecule has 0 radical (unpaired) electrons. The molecule has 0 N–H and O–H groups in total. The number of para-hydroxylation sites is 1. The summed E-state index contributed by atoms with van der Waals surface area (Å²) in [5.41, 5.74) is 5.94. The molecule has 0 fully saturated rings. The molecule has 0 amide bonds. The Hall–Kier alpha value is -6.97. The fraction of sp³-hybridized carbons (Fsp3) is 0. The Balaban J connectivity index is 1.37. The van der Waals surface area contributed by atoms with Gasteiger partial charge in [0.05, 0.1) is 33.8 Å². The Morgan fingerprint density at radius 2 is 1.00 bits per heavy atom. The zero-order valence-corrected chi connectivity index (χ0v) is 28.0. The lowest BCUT2D eigenvalue weighted by molar-refractivity contribution is 1.18. The maximum Gasteiger partial charge on any atom is 0.179 e. The van der Waals surface area contributed by atoms with Crippen molar-refractivity contribution in [3.8, 4) is 35.0 Å². The molecule has 0 atom stereocenters. The summed E-state index contributed by atoms with van der Waals surface area (Å²) in [5.74, 6) is 0. The topological polar surface area (TPSA) is 76.3 Å². The molecule has 0 saturated carbocycles. The first kappa shape index (κ1) is 30.4. The van der Waals surface area contributed by atoms with E-state index in [2.05, 4.69) is 126 Å². The highest BCUT2D eigenvalue weighted by Crippen LogP contribution is 2.34. The summed E-state index contributed by atoms with van der Waals surface area (Å²) >= 11 is 0. The second-order valence-corrected chi connectivity index (χ2v) is 16.1. The van der Waals surface area contributed by atoms with Crippen molar-refractivity contribution in [2.75, 3.05) is 0 Å². The van der Waals surface area contributed by atoms with Crippen LogP contribution in [0.3, 0.4) is 0 Å². The number of rotatable bonds is 6. The minimum absolute atomic E-state index is 0.361. The van der Waals surface area contributed by atoms with Crippen LogP contribution in [0.5, 0.6) is 0 Å². The van der Waals surface area contributed by atoms with E-state index in [0.717, 1.165) is 43.8 Å². The lowest BCUT2D eigenvalue weighted by Crippen LogP contribution is -2.74. The number of benzene rings is 7. The van der Waals surface area contributed by atoms with Gasteiger partial charge in [-0.15, -0.1) is 0 Å². The van der Waals surface area contributed by atoms with E-state index >= 15 is 0 Å². The third kappa shape index (κ3) is 4.80. The van der Waals surface area contributed by atoms with Gasteiger partial charge >= 0.3 is 0 Å². The summed E-state index contributed by atoms with van der Waals surface area (Å²) in [7, 11) is -2.96. The van der Waals surface area contributed by atoms with E-state index in [-0.39, 0.29) is 0 Å². The van der Waals surface area contributed by atoms with Crippen LogP contribution in [0.15, 0.2) is 170 Å².